The van der Waals surface area contributed by atoms with Crippen LogP contribution in [0.5, 0.6) is 0 Å². The van der Waals surface area contributed by atoms with E-state index in [0.29, 0.717) is 16.9 Å². The molecular formula is C14H8N4O2. The molecule has 0 spiro atoms. The summed E-state index contributed by atoms with van der Waals surface area (Å²) in [7, 11) is 0. The summed E-state index contributed by atoms with van der Waals surface area (Å²) in [5.74, 6) is -0.648. The Morgan fingerprint density at radius 1 is 1.35 bits per heavy atom. The zero-order valence-electron chi connectivity index (χ0n) is 10.2. The number of hydrogen-bond donors (Lipinski definition) is 1. The predicted molar refractivity (Wildman–Crippen MR) is 70.5 cm³/mol. The number of imidazole rings is 1. The fourth-order valence-electron chi connectivity index (χ4n) is 1.94. The third-order valence-corrected chi connectivity index (χ3v) is 2.89. The maximum absolute atomic E-state index is 10.8. The maximum atomic E-state index is 10.8. The van der Waals surface area contributed by atoms with E-state index >= 15 is 0 Å². The van der Waals surface area contributed by atoms with Gasteiger partial charge in [-0.05, 0) is 12.1 Å². The summed E-state index contributed by atoms with van der Waals surface area (Å²) in [4.78, 5) is 19.0. The second-order valence-corrected chi connectivity index (χ2v) is 4.13. The van der Waals surface area contributed by atoms with Crippen LogP contribution in [-0.2, 0) is 0 Å². The Labute approximate surface area is 113 Å². The molecule has 3 aromatic rings. The maximum Gasteiger partial charge on any atom is 0.356 e. The fourth-order valence-corrected chi connectivity index (χ4v) is 1.94. The number of carboxylic acid groups (broad SMARTS) is 1. The Bertz CT molecular complexity index is 861. The summed E-state index contributed by atoms with van der Waals surface area (Å²) in [6, 6.07) is 11.0. The number of nitriles is 1. The molecule has 0 saturated carbocycles. The molecule has 0 amide bonds. The van der Waals surface area contributed by atoms with E-state index in [1.54, 1.807) is 12.1 Å². The number of rotatable bonds is 2. The van der Waals surface area contributed by atoms with E-state index in [-0.39, 0.29) is 5.69 Å². The lowest BCUT2D eigenvalue weighted by Gasteiger charge is -2.05. The van der Waals surface area contributed by atoms with E-state index < -0.39 is 5.97 Å². The molecule has 0 bridgehead atoms. The molecular weight excluding hydrogens is 256 g/mol. The summed E-state index contributed by atoms with van der Waals surface area (Å²) in [6.07, 6.45) is 2.72. The van der Waals surface area contributed by atoms with Crippen molar-refractivity contribution in [2.24, 2.45) is 0 Å². The third kappa shape index (κ3) is 1.87. The molecule has 0 saturated heterocycles. The fraction of sp³-hybridized carbons (Fsp3) is 0. The van der Waals surface area contributed by atoms with Crippen molar-refractivity contribution < 1.29 is 9.90 Å². The van der Waals surface area contributed by atoms with Crippen molar-refractivity contribution in [1.82, 2.24) is 14.5 Å². The Balaban J connectivity index is 2.21. The van der Waals surface area contributed by atoms with Crippen molar-refractivity contribution in [2.45, 2.75) is 0 Å². The van der Waals surface area contributed by atoms with Gasteiger partial charge in [0.1, 0.15) is 12.1 Å². The Morgan fingerprint density at radius 3 is 2.85 bits per heavy atom. The van der Waals surface area contributed by atoms with Gasteiger partial charge in [0.2, 0.25) is 0 Å². The second kappa shape index (κ2) is 4.48. The lowest BCUT2D eigenvalue weighted by atomic mass is 10.1. The van der Waals surface area contributed by atoms with E-state index in [4.69, 9.17) is 5.11 Å². The first-order valence-corrected chi connectivity index (χ1v) is 5.76. The molecule has 2 aromatic heterocycles. The highest BCUT2D eigenvalue weighted by molar-refractivity contribution is 5.86. The van der Waals surface area contributed by atoms with Crippen LogP contribution >= 0.6 is 0 Å². The number of nitrogens with zero attached hydrogens (tertiary/aromatic N) is 4. The Hall–Kier alpha value is -3.20. The van der Waals surface area contributed by atoms with Gasteiger partial charge in [-0.15, -0.1) is 0 Å². The minimum absolute atomic E-state index is 0.0709. The van der Waals surface area contributed by atoms with E-state index in [1.165, 1.54) is 17.1 Å². The van der Waals surface area contributed by atoms with Gasteiger partial charge in [0.05, 0.1) is 17.1 Å². The van der Waals surface area contributed by atoms with E-state index in [2.05, 4.69) is 16.0 Å². The van der Waals surface area contributed by atoms with Crippen LogP contribution in [0.4, 0.5) is 0 Å². The molecule has 0 atom stereocenters. The first-order valence-electron chi connectivity index (χ1n) is 5.76. The molecule has 20 heavy (non-hydrogen) atoms. The average molecular weight is 264 g/mol. The minimum atomic E-state index is -1.11. The number of pyridine rings is 1. The molecule has 1 N–H and O–H groups in total. The molecule has 0 unspecified atom stereocenters. The van der Waals surface area contributed by atoms with Crippen molar-refractivity contribution in [1.29, 1.82) is 5.26 Å². The second-order valence-electron chi connectivity index (χ2n) is 4.13. The van der Waals surface area contributed by atoms with Gasteiger partial charge in [0.25, 0.3) is 0 Å². The first kappa shape index (κ1) is 11.9. The zero-order chi connectivity index (χ0) is 14.1. The smallest absolute Gasteiger partial charge is 0.356 e. The van der Waals surface area contributed by atoms with Gasteiger partial charge in [0.15, 0.2) is 5.69 Å². The lowest BCUT2D eigenvalue weighted by Crippen LogP contribution is -1.98. The van der Waals surface area contributed by atoms with Crippen LogP contribution in [0.15, 0.2) is 42.9 Å². The van der Waals surface area contributed by atoms with Crippen LogP contribution < -0.4 is 0 Å². The molecule has 0 aliphatic rings. The molecule has 6 heteroatoms. The molecule has 2 heterocycles. The molecule has 0 aliphatic heterocycles. The van der Waals surface area contributed by atoms with Crippen molar-refractivity contribution in [3.8, 4) is 11.9 Å². The van der Waals surface area contributed by atoms with Crippen LogP contribution in [0.25, 0.3) is 16.7 Å². The van der Waals surface area contributed by atoms with Crippen LogP contribution in [0, 0.1) is 11.3 Å². The number of hydrogen-bond acceptors (Lipinski definition) is 4. The van der Waals surface area contributed by atoms with Gasteiger partial charge in [0, 0.05) is 11.6 Å². The number of fused-ring (bicyclic) bond motifs is 1. The Kier molecular flexibility index (Phi) is 2.66. The highest BCUT2D eigenvalue weighted by Crippen LogP contribution is 2.19. The van der Waals surface area contributed by atoms with Crippen molar-refractivity contribution in [2.75, 3.05) is 0 Å². The van der Waals surface area contributed by atoms with Crippen LogP contribution in [-0.4, -0.2) is 25.6 Å². The zero-order valence-corrected chi connectivity index (χ0v) is 10.2. The normalized spacial score (nSPS) is 10.3. The minimum Gasteiger partial charge on any atom is -0.476 e. The molecule has 0 aliphatic carbocycles. The van der Waals surface area contributed by atoms with Crippen molar-refractivity contribution >= 4 is 16.9 Å². The van der Waals surface area contributed by atoms with Crippen LogP contribution in [0.1, 0.15) is 16.1 Å². The highest BCUT2D eigenvalue weighted by Gasteiger charge is 2.10. The van der Waals surface area contributed by atoms with Gasteiger partial charge in [-0.1, -0.05) is 18.2 Å². The number of carboxylic acids is 1. The largest absolute Gasteiger partial charge is 0.476 e. The molecule has 6 nitrogen and oxygen atoms in total. The standard InChI is InChI=1S/C14H8N4O2/c15-6-9-5-13(17-11-4-2-1-3-10(9)11)18-7-12(14(19)20)16-8-18/h1-5,7-8H,(H,19,20). The lowest BCUT2D eigenvalue weighted by molar-refractivity contribution is 0.0691. The number of benzene rings is 1. The summed E-state index contributed by atoms with van der Waals surface area (Å²) in [5.41, 5.74) is 1.08. The van der Waals surface area contributed by atoms with E-state index in [1.807, 2.05) is 18.2 Å². The monoisotopic (exact) mass is 264 g/mol. The van der Waals surface area contributed by atoms with Gasteiger partial charge in [-0.25, -0.2) is 14.8 Å². The van der Waals surface area contributed by atoms with Gasteiger partial charge in [-0.3, -0.25) is 4.57 Å². The van der Waals surface area contributed by atoms with Crippen LogP contribution in [0.2, 0.25) is 0 Å². The average Bonchev–Trinajstić information content (AvgIpc) is 2.96. The SMILES string of the molecule is N#Cc1cc(-n2cnc(C(=O)O)c2)nc2ccccc12. The van der Waals surface area contributed by atoms with Crippen molar-refractivity contribution in [3.05, 3.63) is 54.1 Å². The molecule has 3 rings (SSSR count). The number of aromatic nitrogens is 3. The predicted octanol–water partition coefficient (Wildman–Crippen LogP) is 1.99. The van der Waals surface area contributed by atoms with E-state index in [0.717, 1.165) is 5.39 Å². The quantitative estimate of drug-likeness (QED) is 0.764. The Morgan fingerprint density at radius 2 is 2.15 bits per heavy atom. The van der Waals surface area contributed by atoms with Crippen LogP contribution in [0.3, 0.4) is 0 Å². The van der Waals surface area contributed by atoms with E-state index in [9.17, 15) is 10.1 Å². The molecule has 1 aromatic carbocycles. The number of carbonyl (C=O) groups is 1. The molecule has 96 valence electrons. The molecule has 0 fully saturated rings. The summed E-state index contributed by atoms with van der Waals surface area (Å²) >= 11 is 0. The third-order valence-electron chi connectivity index (χ3n) is 2.89. The highest BCUT2D eigenvalue weighted by atomic mass is 16.4. The molecule has 0 radical (unpaired) electrons. The number of para-hydroxylation sites is 1. The van der Waals surface area contributed by atoms with Gasteiger partial charge < -0.3 is 5.11 Å². The summed E-state index contributed by atoms with van der Waals surface area (Å²) < 4.78 is 1.48. The number of aromatic carboxylic acids is 1. The van der Waals surface area contributed by atoms with Crippen molar-refractivity contribution in [3.63, 3.8) is 0 Å². The topological polar surface area (TPSA) is 91.8 Å². The van der Waals surface area contributed by atoms with Gasteiger partial charge in [-0.2, -0.15) is 5.26 Å². The van der Waals surface area contributed by atoms with Gasteiger partial charge >= 0.3 is 5.97 Å². The summed E-state index contributed by atoms with van der Waals surface area (Å²) in [5, 5.41) is 18.8. The first-order chi connectivity index (χ1) is 9.69. The summed E-state index contributed by atoms with van der Waals surface area (Å²) in [6.45, 7) is 0.